The summed E-state index contributed by atoms with van der Waals surface area (Å²) >= 11 is 0. The van der Waals surface area contributed by atoms with Crippen LogP contribution in [0.4, 0.5) is 0 Å². The Balaban J connectivity index is 3.95. The van der Waals surface area contributed by atoms with Gasteiger partial charge in [-0.3, -0.25) is 0 Å². The van der Waals surface area contributed by atoms with Gasteiger partial charge in [0, 0.05) is 6.42 Å². The first kappa shape index (κ1) is 12.3. The molecule has 0 amide bonds. The van der Waals surface area contributed by atoms with Gasteiger partial charge in [-0.2, -0.15) is 0 Å². The lowest BCUT2D eigenvalue weighted by Gasteiger charge is -2.22. The Labute approximate surface area is 83.4 Å². The van der Waals surface area contributed by atoms with Crippen molar-refractivity contribution < 1.29 is 0 Å². The molecule has 0 rings (SSSR count). The van der Waals surface area contributed by atoms with Gasteiger partial charge in [0.25, 0.3) is 0 Å². The molecule has 13 heavy (non-hydrogen) atoms. The summed E-state index contributed by atoms with van der Waals surface area (Å²) in [6, 6.07) is 0. The molecular weight excluding hydrogens is 156 g/mol. The van der Waals surface area contributed by atoms with Gasteiger partial charge in [0.15, 0.2) is 0 Å². The van der Waals surface area contributed by atoms with Gasteiger partial charge in [-0.15, -0.1) is 11.8 Å². The highest BCUT2D eigenvalue weighted by Crippen LogP contribution is 2.25. The molecule has 0 heterocycles. The summed E-state index contributed by atoms with van der Waals surface area (Å²) in [5.74, 6) is 7.46. The van der Waals surface area contributed by atoms with Crippen LogP contribution in [0.3, 0.4) is 0 Å². The largest absolute Gasteiger partial charge is 0.107 e. The van der Waals surface area contributed by atoms with Crippen LogP contribution in [0.2, 0.25) is 0 Å². The smallest absolute Gasteiger partial charge is 0.00913 e. The molecule has 0 nitrogen and oxygen atoms in total. The second-order valence-corrected chi connectivity index (χ2v) is 3.80. The van der Waals surface area contributed by atoms with Crippen LogP contribution in [0.1, 0.15) is 47.0 Å². The van der Waals surface area contributed by atoms with E-state index in [4.69, 9.17) is 0 Å². The zero-order valence-electron chi connectivity index (χ0n) is 9.48. The Kier molecular flexibility index (Phi) is 6.41. The Morgan fingerprint density at radius 3 is 2.46 bits per heavy atom. The third-order valence-electron chi connectivity index (χ3n) is 2.66. The standard InChI is InChI=1S/C13H22/c1-6-8-9-10-12(5)13(7-2)11(3)4/h12-13H,3,7,9-10H2,1-2,4-5H3. The molecule has 0 aliphatic rings. The minimum Gasteiger partial charge on any atom is -0.107 e. The third kappa shape index (κ3) is 4.78. The van der Waals surface area contributed by atoms with Crippen molar-refractivity contribution in [1.82, 2.24) is 0 Å². The van der Waals surface area contributed by atoms with Crippen molar-refractivity contribution in [1.29, 1.82) is 0 Å². The van der Waals surface area contributed by atoms with Crippen LogP contribution in [-0.2, 0) is 0 Å². The average Bonchev–Trinajstić information content (AvgIpc) is 2.05. The van der Waals surface area contributed by atoms with Gasteiger partial charge < -0.3 is 0 Å². The molecule has 0 saturated heterocycles. The maximum Gasteiger partial charge on any atom is 0.00913 e. The lowest BCUT2D eigenvalue weighted by Crippen LogP contribution is -2.11. The molecule has 0 saturated carbocycles. The van der Waals surface area contributed by atoms with Gasteiger partial charge >= 0.3 is 0 Å². The first-order valence-electron chi connectivity index (χ1n) is 5.18. The first-order chi connectivity index (χ1) is 6.13. The molecule has 0 aliphatic carbocycles. The Hall–Kier alpha value is -0.700. The summed E-state index contributed by atoms with van der Waals surface area (Å²) < 4.78 is 0. The van der Waals surface area contributed by atoms with E-state index in [-0.39, 0.29) is 0 Å². The molecule has 0 aromatic rings. The summed E-state index contributed by atoms with van der Waals surface area (Å²) in [6.07, 6.45) is 3.43. The van der Waals surface area contributed by atoms with E-state index in [0.717, 1.165) is 12.3 Å². The van der Waals surface area contributed by atoms with Gasteiger partial charge in [-0.05, 0) is 38.5 Å². The molecule has 0 aromatic carbocycles. The minimum atomic E-state index is 0.679. The van der Waals surface area contributed by atoms with E-state index in [9.17, 15) is 0 Å². The molecule has 2 atom stereocenters. The fourth-order valence-electron chi connectivity index (χ4n) is 1.86. The zero-order chi connectivity index (χ0) is 10.3. The lowest BCUT2D eigenvalue weighted by atomic mass is 9.84. The second-order valence-electron chi connectivity index (χ2n) is 3.80. The summed E-state index contributed by atoms with van der Waals surface area (Å²) in [5.41, 5.74) is 1.32. The van der Waals surface area contributed by atoms with Gasteiger partial charge in [0.05, 0.1) is 0 Å². The molecule has 0 spiro atoms. The molecule has 74 valence electrons. The summed E-state index contributed by atoms with van der Waals surface area (Å²) in [5, 5.41) is 0. The van der Waals surface area contributed by atoms with Gasteiger partial charge in [0.1, 0.15) is 0 Å². The first-order valence-corrected chi connectivity index (χ1v) is 5.18. The number of hydrogen-bond acceptors (Lipinski definition) is 0. The summed E-state index contributed by atoms with van der Waals surface area (Å²) in [6.45, 7) is 12.6. The SMILES string of the molecule is C=C(C)C(CC)C(C)CCC#CC. The van der Waals surface area contributed by atoms with Crippen LogP contribution in [0, 0.1) is 23.7 Å². The highest BCUT2D eigenvalue weighted by molar-refractivity contribution is 5.00. The molecule has 0 N–H and O–H groups in total. The Morgan fingerprint density at radius 2 is 2.08 bits per heavy atom. The fraction of sp³-hybridized carbons (Fsp3) is 0.692. The van der Waals surface area contributed by atoms with E-state index >= 15 is 0 Å². The molecular formula is C13H22. The molecule has 2 unspecified atom stereocenters. The molecule has 0 aliphatic heterocycles. The van der Waals surface area contributed by atoms with Crippen molar-refractivity contribution in [3.63, 3.8) is 0 Å². The van der Waals surface area contributed by atoms with Crippen molar-refractivity contribution in [2.24, 2.45) is 11.8 Å². The predicted molar refractivity (Wildman–Crippen MR) is 60.4 cm³/mol. The van der Waals surface area contributed by atoms with Crippen molar-refractivity contribution in [2.75, 3.05) is 0 Å². The van der Waals surface area contributed by atoms with Crippen LogP contribution in [-0.4, -0.2) is 0 Å². The molecule has 0 radical (unpaired) electrons. The Morgan fingerprint density at radius 1 is 1.46 bits per heavy atom. The second kappa shape index (κ2) is 6.78. The Bertz CT molecular complexity index is 202. The van der Waals surface area contributed by atoms with Crippen LogP contribution in [0.25, 0.3) is 0 Å². The molecule has 0 aromatic heterocycles. The van der Waals surface area contributed by atoms with E-state index in [1.54, 1.807) is 0 Å². The lowest BCUT2D eigenvalue weighted by molar-refractivity contribution is 0.379. The fourth-order valence-corrected chi connectivity index (χ4v) is 1.86. The summed E-state index contributed by atoms with van der Waals surface area (Å²) in [7, 11) is 0. The van der Waals surface area contributed by atoms with Crippen LogP contribution in [0.15, 0.2) is 12.2 Å². The van der Waals surface area contributed by atoms with Crippen LogP contribution >= 0.6 is 0 Å². The van der Waals surface area contributed by atoms with E-state index in [2.05, 4.69) is 39.2 Å². The van der Waals surface area contributed by atoms with Crippen molar-refractivity contribution >= 4 is 0 Å². The normalized spacial score (nSPS) is 14.2. The summed E-state index contributed by atoms with van der Waals surface area (Å²) in [4.78, 5) is 0. The van der Waals surface area contributed by atoms with Gasteiger partial charge in [0.2, 0.25) is 0 Å². The number of rotatable bonds is 5. The predicted octanol–water partition coefficient (Wildman–Crippen LogP) is 4.03. The number of hydrogen-bond donors (Lipinski definition) is 0. The van der Waals surface area contributed by atoms with Crippen LogP contribution in [0.5, 0.6) is 0 Å². The zero-order valence-corrected chi connectivity index (χ0v) is 9.48. The van der Waals surface area contributed by atoms with Crippen molar-refractivity contribution in [3.8, 4) is 11.8 Å². The van der Waals surface area contributed by atoms with E-state index in [1.165, 1.54) is 18.4 Å². The van der Waals surface area contributed by atoms with E-state index in [0.29, 0.717) is 5.92 Å². The maximum absolute atomic E-state index is 4.04. The molecule has 0 bridgehead atoms. The van der Waals surface area contributed by atoms with E-state index in [1.807, 2.05) is 6.92 Å². The third-order valence-corrected chi connectivity index (χ3v) is 2.66. The number of allylic oxidation sites excluding steroid dienone is 1. The maximum atomic E-state index is 4.04. The topological polar surface area (TPSA) is 0 Å². The average molecular weight is 178 g/mol. The van der Waals surface area contributed by atoms with Gasteiger partial charge in [-0.25, -0.2) is 0 Å². The van der Waals surface area contributed by atoms with E-state index < -0.39 is 0 Å². The van der Waals surface area contributed by atoms with Crippen LogP contribution < -0.4 is 0 Å². The monoisotopic (exact) mass is 178 g/mol. The quantitative estimate of drug-likeness (QED) is 0.440. The highest BCUT2D eigenvalue weighted by Gasteiger charge is 2.14. The highest BCUT2D eigenvalue weighted by atomic mass is 14.2. The molecule has 0 fully saturated rings. The van der Waals surface area contributed by atoms with Crippen molar-refractivity contribution in [2.45, 2.75) is 47.0 Å². The van der Waals surface area contributed by atoms with Crippen molar-refractivity contribution in [3.05, 3.63) is 12.2 Å². The van der Waals surface area contributed by atoms with Gasteiger partial charge in [-0.1, -0.05) is 26.0 Å². The molecule has 0 heteroatoms. The minimum absolute atomic E-state index is 0.679.